The van der Waals surface area contributed by atoms with Gasteiger partial charge in [0.25, 0.3) is 0 Å². The van der Waals surface area contributed by atoms with E-state index in [1.165, 1.54) is 0 Å². The molecule has 1 aromatic rings. The maximum Gasteiger partial charge on any atom is 0.189 e. The van der Waals surface area contributed by atoms with Gasteiger partial charge in [0.2, 0.25) is 0 Å². The van der Waals surface area contributed by atoms with Crippen LogP contribution in [0.1, 0.15) is 24.6 Å². The topological polar surface area (TPSA) is 75.6 Å². The van der Waals surface area contributed by atoms with Crippen LogP contribution in [-0.4, -0.2) is 15.7 Å². The summed E-state index contributed by atoms with van der Waals surface area (Å²) in [5, 5.41) is 9.40. The SMILES string of the molecule is CCCSc1nc(C)c(C#N)c(N)n1. The number of nitrogens with zero attached hydrogens (tertiary/aromatic N) is 3. The number of aromatic nitrogens is 2. The highest BCUT2D eigenvalue weighted by molar-refractivity contribution is 7.99. The van der Waals surface area contributed by atoms with Crippen molar-refractivity contribution in [3.05, 3.63) is 11.3 Å². The van der Waals surface area contributed by atoms with Crippen molar-refractivity contribution in [1.29, 1.82) is 5.26 Å². The highest BCUT2D eigenvalue weighted by Crippen LogP contribution is 2.19. The lowest BCUT2D eigenvalue weighted by Gasteiger charge is -2.03. The van der Waals surface area contributed by atoms with Gasteiger partial charge in [-0.15, -0.1) is 0 Å². The second-order valence-corrected chi connectivity index (χ2v) is 3.87. The van der Waals surface area contributed by atoms with Gasteiger partial charge in [0.05, 0.1) is 5.69 Å². The number of nitrogens with two attached hydrogens (primary N) is 1. The molecule has 0 saturated carbocycles. The molecule has 1 heterocycles. The Kier molecular flexibility index (Phi) is 3.72. The van der Waals surface area contributed by atoms with E-state index < -0.39 is 0 Å². The van der Waals surface area contributed by atoms with Crippen LogP contribution in [0.4, 0.5) is 5.82 Å². The molecular weight excluding hydrogens is 196 g/mol. The maximum absolute atomic E-state index is 8.75. The van der Waals surface area contributed by atoms with Crippen molar-refractivity contribution < 1.29 is 0 Å². The molecule has 0 aromatic carbocycles. The zero-order valence-electron chi connectivity index (χ0n) is 8.24. The van der Waals surface area contributed by atoms with Crippen molar-refractivity contribution >= 4 is 17.6 Å². The van der Waals surface area contributed by atoms with Crippen LogP contribution < -0.4 is 5.73 Å². The van der Waals surface area contributed by atoms with Gasteiger partial charge in [-0.25, -0.2) is 9.97 Å². The molecule has 4 nitrogen and oxygen atoms in total. The summed E-state index contributed by atoms with van der Waals surface area (Å²) in [5.41, 5.74) is 6.65. The quantitative estimate of drug-likeness (QED) is 0.605. The van der Waals surface area contributed by atoms with Gasteiger partial charge in [-0.2, -0.15) is 5.26 Å². The second kappa shape index (κ2) is 4.82. The molecule has 0 fully saturated rings. The molecule has 0 unspecified atom stereocenters. The standard InChI is InChI=1S/C9H12N4S/c1-3-4-14-9-12-6(2)7(5-10)8(11)13-9/h3-4H2,1-2H3,(H2,11,12,13). The molecule has 0 saturated heterocycles. The zero-order valence-corrected chi connectivity index (χ0v) is 9.06. The smallest absolute Gasteiger partial charge is 0.189 e. The lowest BCUT2D eigenvalue weighted by atomic mass is 10.2. The Balaban J connectivity index is 2.97. The van der Waals surface area contributed by atoms with Gasteiger partial charge in [0.1, 0.15) is 17.5 Å². The molecule has 1 rings (SSSR count). The van der Waals surface area contributed by atoms with Crippen LogP contribution in [0.3, 0.4) is 0 Å². The molecule has 2 N–H and O–H groups in total. The molecular formula is C9H12N4S. The van der Waals surface area contributed by atoms with Crippen molar-refractivity contribution in [1.82, 2.24) is 9.97 Å². The highest BCUT2D eigenvalue weighted by Gasteiger charge is 2.08. The fourth-order valence-corrected chi connectivity index (χ4v) is 1.72. The Hall–Kier alpha value is -1.28. The molecule has 0 amide bonds. The van der Waals surface area contributed by atoms with Crippen LogP contribution in [-0.2, 0) is 0 Å². The van der Waals surface area contributed by atoms with E-state index in [0.717, 1.165) is 12.2 Å². The van der Waals surface area contributed by atoms with E-state index in [4.69, 9.17) is 11.0 Å². The number of thioether (sulfide) groups is 1. The third-order valence-corrected chi connectivity index (χ3v) is 2.70. The van der Waals surface area contributed by atoms with E-state index in [2.05, 4.69) is 16.9 Å². The van der Waals surface area contributed by atoms with Crippen LogP contribution >= 0.6 is 11.8 Å². The van der Waals surface area contributed by atoms with Gasteiger partial charge in [-0.1, -0.05) is 18.7 Å². The molecule has 74 valence electrons. The molecule has 0 bridgehead atoms. The summed E-state index contributed by atoms with van der Waals surface area (Å²) in [6, 6.07) is 1.99. The van der Waals surface area contributed by atoms with Crippen LogP contribution in [0, 0.1) is 18.3 Å². The van der Waals surface area contributed by atoms with E-state index >= 15 is 0 Å². The number of rotatable bonds is 3. The van der Waals surface area contributed by atoms with Gasteiger partial charge >= 0.3 is 0 Å². The van der Waals surface area contributed by atoms with Gasteiger partial charge in [0.15, 0.2) is 5.16 Å². The number of nitriles is 1. The first kappa shape index (κ1) is 10.8. The van der Waals surface area contributed by atoms with E-state index in [9.17, 15) is 0 Å². The zero-order chi connectivity index (χ0) is 10.6. The maximum atomic E-state index is 8.75. The minimum absolute atomic E-state index is 0.276. The first-order chi connectivity index (χ1) is 6.69. The number of hydrogen-bond acceptors (Lipinski definition) is 5. The Labute approximate surface area is 87.6 Å². The van der Waals surface area contributed by atoms with Crippen LogP contribution in [0.25, 0.3) is 0 Å². The number of nitrogen functional groups attached to an aromatic ring is 1. The molecule has 0 atom stereocenters. The molecule has 0 spiro atoms. The number of anilines is 1. The molecule has 1 aromatic heterocycles. The average Bonchev–Trinajstić information content (AvgIpc) is 2.14. The van der Waals surface area contributed by atoms with Crippen molar-refractivity contribution in [2.45, 2.75) is 25.4 Å². The molecule has 0 aliphatic rings. The third kappa shape index (κ3) is 2.36. The van der Waals surface area contributed by atoms with Crippen molar-refractivity contribution in [3.8, 4) is 6.07 Å². The lowest BCUT2D eigenvalue weighted by Crippen LogP contribution is -2.02. The third-order valence-electron chi connectivity index (χ3n) is 1.64. The Morgan fingerprint density at radius 2 is 2.21 bits per heavy atom. The first-order valence-corrected chi connectivity index (χ1v) is 5.34. The fraction of sp³-hybridized carbons (Fsp3) is 0.444. The fourth-order valence-electron chi connectivity index (χ4n) is 0.965. The largest absolute Gasteiger partial charge is 0.382 e. The van der Waals surface area contributed by atoms with Gasteiger partial charge in [-0.3, -0.25) is 0 Å². The average molecular weight is 208 g/mol. The summed E-state index contributed by atoms with van der Waals surface area (Å²) < 4.78 is 0. The summed E-state index contributed by atoms with van der Waals surface area (Å²) in [7, 11) is 0. The highest BCUT2D eigenvalue weighted by atomic mass is 32.2. The van der Waals surface area contributed by atoms with E-state index in [-0.39, 0.29) is 5.82 Å². The Morgan fingerprint density at radius 3 is 2.71 bits per heavy atom. The van der Waals surface area contributed by atoms with Crippen molar-refractivity contribution in [3.63, 3.8) is 0 Å². The van der Waals surface area contributed by atoms with Crippen LogP contribution in [0.2, 0.25) is 0 Å². The summed E-state index contributed by atoms with van der Waals surface area (Å²) in [4.78, 5) is 8.24. The van der Waals surface area contributed by atoms with Gasteiger partial charge in [-0.05, 0) is 13.3 Å². The second-order valence-electron chi connectivity index (χ2n) is 2.81. The molecule has 0 radical (unpaired) electrons. The van der Waals surface area contributed by atoms with E-state index in [1.807, 2.05) is 6.07 Å². The van der Waals surface area contributed by atoms with E-state index in [0.29, 0.717) is 16.4 Å². The van der Waals surface area contributed by atoms with E-state index in [1.54, 1.807) is 18.7 Å². The summed E-state index contributed by atoms with van der Waals surface area (Å²) in [6.45, 7) is 3.86. The number of aryl methyl sites for hydroxylation is 1. The normalized spacial score (nSPS) is 9.79. The van der Waals surface area contributed by atoms with Crippen molar-refractivity contribution in [2.75, 3.05) is 11.5 Å². The Morgan fingerprint density at radius 1 is 1.50 bits per heavy atom. The monoisotopic (exact) mass is 208 g/mol. The van der Waals surface area contributed by atoms with Crippen LogP contribution in [0.15, 0.2) is 5.16 Å². The molecule has 14 heavy (non-hydrogen) atoms. The lowest BCUT2D eigenvalue weighted by molar-refractivity contribution is 0.929. The summed E-state index contributed by atoms with van der Waals surface area (Å²) in [5.74, 6) is 1.24. The Bertz CT molecular complexity index is 347. The minimum Gasteiger partial charge on any atom is -0.382 e. The first-order valence-electron chi connectivity index (χ1n) is 4.36. The van der Waals surface area contributed by atoms with Crippen LogP contribution in [0.5, 0.6) is 0 Å². The van der Waals surface area contributed by atoms with Gasteiger partial charge in [0, 0.05) is 5.75 Å². The van der Waals surface area contributed by atoms with Crippen molar-refractivity contribution in [2.24, 2.45) is 0 Å². The predicted octanol–water partition coefficient (Wildman–Crippen LogP) is 1.74. The summed E-state index contributed by atoms with van der Waals surface area (Å²) in [6.07, 6.45) is 1.06. The molecule has 0 aliphatic carbocycles. The minimum atomic E-state index is 0.276. The summed E-state index contributed by atoms with van der Waals surface area (Å²) >= 11 is 1.56. The van der Waals surface area contributed by atoms with Gasteiger partial charge < -0.3 is 5.73 Å². The molecule has 0 aliphatic heterocycles. The predicted molar refractivity (Wildman–Crippen MR) is 56.9 cm³/mol. The number of hydrogen-bond donors (Lipinski definition) is 1. The molecule has 5 heteroatoms.